The van der Waals surface area contributed by atoms with Crippen LogP contribution in [0.4, 0.5) is 0 Å². The van der Waals surface area contributed by atoms with Gasteiger partial charge < -0.3 is 18.8 Å². The minimum absolute atomic E-state index is 0.550. The van der Waals surface area contributed by atoms with Crippen LogP contribution in [0.5, 0.6) is 0 Å². The summed E-state index contributed by atoms with van der Waals surface area (Å²) in [6.07, 6.45) is 3.68. The molecule has 1 atom stereocenters. The van der Waals surface area contributed by atoms with Crippen LogP contribution in [0, 0.1) is 0 Å². The average molecular weight is 335 g/mol. The minimum atomic E-state index is -0.584. The van der Waals surface area contributed by atoms with Crippen LogP contribution >= 0.6 is 0 Å². The summed E-state index contributed by atoms with van der Waals surface area (Å²) in [4.78, 5) is 2.13. The zero-order valence-electron chi connectivity index (χ0n) is 14.2. The fourth-order valence-electron chi connectivity index (χ4n) is 3.33. The lowest BCUT2D eigenvalue weighted by molar-refractivity contribution is 0.128. The zero-order valence-corrected chi connectivity index (χ0v) is 14.2. The lowest BCUT2D eigenvalue weighted by atomic mass is 10.1. The molecule has 1 N–H and O–H groups in total. The first-order valence-electron chi connectivity index (χ1n) is 8.50. The van der Waals surface area contributed by atoms with Crippen molar-refractivity contribution in [3.8, 4) is 0 Å². The van der Waals surface area contributed by atoms with E-state index in [-0.39, 0.29) is 0 Å². The molecule has 128 valence electrons. The van der Waals surface area contributed by atoms with Crippen molar-refractivity contribution >= 4 is 21.9 Å². The molecule has 1 unspecified atom stereocenters. The molecule has 2 aromatic carbocycles. The van der Waals surface area contributed by atoms with Crippen LogP contribution in [0.25, 0.3) is 21.9 Å². The summed E-state index contributed by atoms with van der Waals surface area (Å²) in [5.41, 5.74) is 3.75. The lowest BCUT2D eigenvalue weighted by Gasteiger charge is -2.21. The van der Waals surface area contributed by atoms with Crippen molar-refractivity contribution < 1.29 is 13.9 Å². The van der Waals surface area contributed by atoms with E-state index in [2.05, 4.69) is 23.1 Å². The highest BCUT2D eigenvalue weighted by Gasteiger charge is 2.16. The zero-order chi connectivity index (χ0) is 17.2. The Bertz CT molecular complexity index is 985. The summed E-state index contributed by atoms with van der Waals surface area (Å²) >= 11 is 0. The molecule has 4 nitrogen and oxygen atoms in total. The smallest absolute Gasteiger partial charge is 0.139 e. The van der Waals surface area contributed by atoms with Gasteiger partial charge in [-0.15, -0.1) is 0 Å². The highest BCUT2D eigenvalue weighted by Crippen LogP contribution is 2.26. The number of para-hydroxylation sites is 2. The van der Waals surface area contributed by atoms with Gasteiger partial charge in [0.1, 0.15) is 11.2 Å². The molecule has 0 aliphatic rings. The molecule has 2 heterocycles. The summed E-state index contributed by atoms with van der Waals surface area (Å²) in [7, 11) is 2.02. The summed E-state index contributed by atoms with van der Waals surface area (Å²) in [5.74, 6) is 0. The third kappa shape index (κ3) is 3.18. The fraction of sp³-hybridized carbons (Fsp3) is 0.238. The molecule has 0 radical (unpaired) electrons. The number of fused-ring (bicyclic) bond motifs is 2. The van der Waals surface area contributed by atoms with Crippen molar-refractivity contribution in [2.24, 2.45) is 0 Å². The number of furan rings is 2. The second-order valence-electron chi connectivity index (χ2n) is 6.47. The fourth-order valence-corrected chi connectivity index (χ4v) is 3.33. The van der Waals surface area contributed by atoms with Gasteiger partial charge in [-0.25, -0.2) is 0 Å². The molecule has 0 aliphatic carbocycles. The van der Waals surface area contributed by atoms with Gasteiger partial charge in [0.25, 0.3) is 0 Å². The number of benzene rings is 2. The van der Waals surface area contributed by atoms with Gasteiger partial charge in [-0.3, -0.25) is 0 Å². The van der Waals surface area contributed by atoms with E-state index < -0.39 is 6.10 Å². The predicted molar refractivity (Wildman–Crippen MR) is 98.6 cm³/mol. The Morgan fingerprint density at radius 2 is 1.60 bits per heavy atom. The molecule has 0 saturated carbocycles. The highest BCUT2D eigenvalue weighted by atomic mass is 16.3. The van der Waals surface area contributed by atoms with Crippen molar-refractivity contribution in [3.63, 3.8) is 0 Å². The Morgan fingerprint density at radius 1 is 0.920 bits per heavy atom. The summed E-state index contributed by atoms with van der Waals surface area (Å²) in [6, 6.07) is 16.0. The van der Waals surface area contributed by atoms with Gasteiger partial charge in [-0.1, -0.05) is 36.4 Å². The maximum absolute atomic E-state index is 10.6. The number of aliphatic hydroxyl groups excluding tert-OH is 1. The maximum atomic E-state index is 10.6. The molecule has 0 saturated heterocycles. The standard InChI is InChI=1S/C21H21NO3/c1-22(11-8-15-4-2-5-16-9-12-24-20(15)16)14-19(23)18-7-3-6-17-10-13-25-21(17)18/h2-7,9-10,12-13,19,23H,8,11,14H2,1H3. The first-order chi connectivity index (χ1) is 12.2. The van der Waals surface area contributed by atoms with E-state index in [0.29, 0.717) is 6.54 Å². The van der Waals surface area contributed by atoms with Crippen molar-refractivity contribution in [2.45, 2.75) is 12.5 Å². The van der Waals surface area contributed by atoms with Crippen LogP contribution in [0.3, 0.4) is 0 Å². The third-order valence-electron chi connectivity index (χ3n) is 4.68. The van der Waals surface area contributed by atoms with Crippen LogP contribution in [0.2, 0.25) is 0 Å². The largest absolute Gasteiger partial charge is 0.464 e. The van der Waals surface area contributed by atoms with Gasteiger partial charge in [0.2, 0.25) is 0 Å². The molecule has 0 aliphatic heterocycles. The number of likely N-dealkylation sites (N-methyl/N-ethyl adjacent to an activating group) is 1. The molecule has 0 fully saturated rings. The van der Waals surface area contributed by atoms with Gasteiger partial charge in [0.05, 0.1) is 18.6 Å². The van der Waals surface area contributed by atoms with Crippen molar-refractivity contribution in [1.29, 1.82) is 0 Å². The van der Waals surface area contributed by atoms with Gasteiger partial charge >= 0.3 is 0 Å². The second kappa shape index (κ2) is 6.75. The van der Waals surface area contributed by atoms with Gasteiger partial charge in [0.15, 0.2) is 0 Å². The molecular weight excluding hydrogens is 314 g/mol. The Labute approximate surface area is 146 Å². The van der Waals surface area contributed by atoms with E-state index in [1.807, 2.05) is 37.4 Å². The Hall–Kier alpha value is -2.56. The second-order valence-corrected chi connectivity index (χ2v) is 6.47. The molecule has 0 spiro atoms. The molecular formula is C21H21NO3. The van der Waals surface area contributed by atoms with E-state index in [1.165, 1.54) is 5.56 Å². The number of hydrogen-bond donors (Lipinski definition) is 1. The molecule has 25 heavy (non-hydrogen) atoms. The third-order valence-corrected chi connectivity index (χ3v) is 4.68. The van der Waals surface area contributed by atoms with Crippen molar-refractivity contribution in [1.82, 2.24) is 4.90 Å². The summed E-state index contributed by atoms with van der Waals surface area (Å²) < 4.78 is 11.1. The van der Waals surface area contributed by atoms with Gasteiger partial charge in [-0.05, 0) is 31.2 Å². The maximum Gasteiger partial charge on any atom is 0.139 e. The molecule has 2 aromatic heterocycles. The Morgan fingerprint density at radius 3 is 2.40 bits per heavy atom. The monoisotopic (exact) mass is 335 g/mol. The summed E-state index contributed by atoms with van der Waals surface area (Å²) in [6.45, 7) is 1.39. The molecule has 4 heteroatoms. The van der Waals surface area contributed by atoms with E-state index in [0.717, 1.165) is 40.5 Å². The quantitative estimate of drug-likeness (QED) is 0.568. The van der Waals surface area contributed by atoms with E-state index in [9.17, 15) is 5.11 Å². The molecule has 4 rings (SSSR count). The van der Waals surface area contributed by atoms with E-state index in [4.69, 9.17) is 8.83 Å². The number of rotatable bonds is 6. The van der Waals surface area contributed by atoms with E-state index >= 15 is 0 Å². The number of nitrogens with zero attached hydrogens (tertiary/aromatic N) is 1. The normalized spacial score (nSPS) is 13.1. The van der Waals surface area contributed by atoms with Crippen LogP contribution in [-0.2, 0) is 6.42 Å². The lowest BCUT2D eigenvalue weighted by Crippen LogP contribution is -2.26. The predicted octanol–water partition coefficient (Wildman–Crippen LogP) is 4.39. The van der Waals surface area contributed by atoms with Crippen LogP contribution < -0.4 is 0 Å². The van der Waals surface area contributed by atoms with Crippen molar-refractivity contribution in [2.75, 3.05) is 20.1 Å². The SMILES string of the molecule is CN(CCc1cccc2ccoc12)CC(O)c1cccc2ccoc12. The Balaban J connectivity index is 1.42. The van der Waals surface area contributed by atoms with Crippen LogP contribution in [0.15, 0.2) is 69.9 Å². The highest BCUT2D eigenvalue weighted by molar-refractivity contribution is 5.81. The first kappa shape index (κ1) is 15.9. The first-order valence-corrected chi connectivity index (χ1v) is 8.50. The summed E-state index contributed by atoms with van der Waals surface area (Å²) in [5, 5.41) is 12.8. The van der Waals surface area contributed by atoms with E-state index in [1.54, 1.807) is 12.5 Å². The molecule has 0 bridgehead atoms. The molecule has 4 aromatic rings. The molecule has 0 amide bonds. The van der Waals surface area contributed by atoms with Gasteiger partial charge in [-0.2, -0.15) is 0 Å². The van der Waals surface area contributed by atoms with Crippen molar-refractivity contribution in [3.05, 3.63) is 72.2 Å². The minimum Gasteiger partial charge on any atom is -0.464 e. The average Bonchev–Trinajstić information content (AvgIpc) is 3.28. The number of hydrogen-bond acceptors (Lipinski definition) is 4. The van der Waals surface area contributed by atoms with Crippen LogP contribution in [-0.4, -0.2) is 30.1 Å². The number of aliphatic hydroxyl groups is 1. The Kier molecular flexibility index (Phi) is 4.30. The topological polar surface area (TPSA) is 49.8 Å². The van der Waals surface area contributed by atoms with Crippen LogP contribution in [0.1, 0.15) is 17.2 Å². The van der Waals surface area contributed by atoms with Gasteiger partial charge in [0, 0.05) is 29.4 Å².